The minimum absolute atomic E-state index is 0.154. The van der Waals surface area contributed by atoms with Gasteiger partial charge in [0.05, 0.1) is 26.9 Å². The molecule has 4 heterocycles. The summed E-state index contributed by atoms with van der Waals surface area (Å²) in [5, 5.41) is 61.5. The molecule has 9 atom stereocenters. The van der Waals surface area contributed by atoms with Crippen LogP contribution in [0.2, 0.25) is 0 Å². The maximum absolute atomic E-state index is 10.4. The molecule has 2 fully saturated rings. The molecule has 6 N–H and O–H groups in total. The Morgan fingerprint density at radius 1 is 0.818 bits per heavy atom. The summed E-state index contributed by atoms with van der Waals surface area (Å²) in [5.74, 6) is 2.56. The number of benzene rings is 2. The van der Waals surface area contributed by atoms with Gasteiger partial charge in [0.15, 0.2) is 35.4 Å². The molecule has 6 rings (SSSR count). The first-order valence-corrected chi connectivity index (χ1v) is 14.3. The summed E-state index contributed by atoms with van der Waals surface area (Å²) in [7, 11) is 1.57. The molecule has 14 heteroatoms. The minimum Gasteiger partial charge on any atom is -0.493 e. The first-order chi connectivity index (χ1) is 21.2. The van der Waals surface area contributed by atoms with Gasteiger partial charge in [-0.25, -0.2) is 0 Å². The lowest BCUT2D eigenvalue weighted by Crippen LogP contribution is -2.60. The van der Waals surface area contributed by atoms with Crippen molar-refractivity contribution in [1.29, 1.82) is 0 Å². The number of aliphatic hydroxyl groups is 6. The van der Waals surface area contributed by atoms with Crippen LogP contribution in [0.15, 0.2) is 40.8 Å². The fraction of sp³-hybridized carbons (Fsp3) is 0.533. The molecular weight excluding hydrogens is 584 g/mol. The molecule has 0 unspecified atom stereocenters. The van der Waals surface area contributed by atoms with Crippen molar-refractivity contribution in [1.82, 2.24) is 0 Å². The number of rotatable bonds is 10. The van der Waals surface area contributed by atoms with Crippen molar-refractivity contribution >= 4 is 11.0 Å². The molecule has 3 aliphatic rings. The third-order valence-corrected chi connectivity index (χ3v) is 7.96. The Hall–Kier alpha value is -3.02. The van der Waals surface area contributed by atoms with Crippen LogP contribution in [0.4, 0.5) is 0 Å². The molecule has 0 bridgehead atoms. The van der Waals surface area contributed by atoms with Crippen molar-refractivity contribution in [3.63, 3.8) is 0 Å². The van der Waals surface area contributed by atoms with E-state index in [4.69, 9.17) is 37.6 Å². The molecule has 2 saturated heterocycles. The zero-order valence-corrected chi connectivity index (χ0v) is 23.9. The average Bonchev–Trinajstić information content (AvgIpc) is 3.68. The Labute approximate surface area is 251 Å². The summed E-state index contributed by atoms with van der Waals surface area (Å²) in [6, 6.07) is 11.4. The van der Waals surface area contributed by atoms with Gasteiger partial charge < -0.3 is 68.2 Å². The molecule has 0 spiro atoms. The maximum atomic E-state index is 10.4. The van der Waals surface area contributed by atoms with Crippen LogP contribution in [0.5, 0.6) is 17.2 Å². The summed E-state index contributed by atoms with van der Waals surface area (Å²) in [5.41, 5.74) is 2.40. The molecule has 240 valence electrons. The van der Waals surface area contributed by atoms with Gasteiger partial charge in [-0.05, 0) is 54.8 Å². The van der Waals surface area contributed by atoms with E-state index in [0.29, 0.717) is 41.4 Å². The van der Waals surface area contributed by atoms with E-state index in [-0.39, 0.29) is 26.6 Å². The molecule has 0 amide bonds. The smallest absolute Gasteiger partial charge is 0.231 e. The fourth-order valence-corrected chi connectivity index (χ4v) is 5.45. The molecule has 44 heavy (non-hydrogen) atoms. The standard InChI is InChI=1S/C30H36O14/c1-37-21-8-14(7-16-10-19(43-28(16)21)15-4-5-18-20(9-15)42-13-41-18)3-2-6-38-30-27(36)25(34)24(33)22(44-30)12-40-29-26(35)23(32)17(31)11-39-29/h4-5,7-10,17,22-27,29-36H,2-3,6,11-13H2,1H3/t17-,22-,23-,24-,25+,26-,27-,29-,30-/m1/s1. The third-order valence-electron chi connectivity index (χ3n) is 7.96. The van der Waals surface area contributed by atoms with Crippen molar-refractivity contribution in [2.75, 3.05) is 33.7 Å². The van der Waals surface area contributed by atoms with Crippen molar-refractivity contribution < 1.29 is 68.2 Å². The average molecular weight is 621 g/mol. The van der Waals surface area contributed by atoms with Crippen LogP contribution >= 0.6 is 0 Å². The highest BCUT2D eigenvalue weighted by Crippen LogP contribution is 2.39. The Balaban J connectivity index is 1.05. The van der Waals surface area contributed by atoms with Crippen LogP contribution in [-0.2, 0) is 25.4 Å². The largest absolute Gasteiger partial charge is 0.493 e. The van der Waals surface area contributed by atoms with E-state index >= 15 is 0 Å². The lowest BCUT2D eigenvalue weighted by atomic mass is 9.99. The van der Waals surface area contributed by atoms with Crippen LogP contribution in [0.1, 0.15) is 12.0 Å². The molecule has 0 aliphatic carbocycles. The normalized spacial score (nSPS) is 31.8. The van der Waals surface area contributed by atoms with Gasteiger partial charge in [-0.2, -0.15) is 0 Å². The van der Waals surface area contributed by atoms with E-state index in [1.165, 1.54) is 0 Å². The molecule has 3 aromatic rings. The number of aliphatic hydroxyl groups excluding tert-OH is 6. The Morgan fingerprint density at radius 3 is 2.43 bits per heavy atom. The number of fused-ring (bicyclic) bond motifs is 2. The Morgan fingerprint density at radius 2 is 1.61 bits per heavy atom. The van der Waals surface area contributed by atoms with Gasteiger partial charge in [0.1, 0.15) is 48.5 Å². The number of hydrogen-bond acceptors (Lipinski definition) is 14. The topological polar surface area (TPSA) is 199 Å². The predicted octanol–water partition coefficient (Wildman–Crippen LogP) is 0.0495. The van der Waals surface area contributed by atoms with Gasteiger partial charge in [0, 0.05) is 10.9 Å². The SMILES string of the molecule is COc1cc(CCCO[C@@H]2O[C@H](CO[C@H]3OC[C@@H](O)[C@@H](O)[C@H]3O)[C@@H](O)[C@H](O)[C@H]2O)cc2cc(-c3ccc4c(c3)OCO4)oc12. The van der Waals surface area contributed by atoms with Crippen molar-refractivity contribution in [3.05, 3.63) is 42.0 Å². The highest BCUT2D eigenvalue weighted by atomic mass is 16.7. The van der Waals surface area contributed by atoms with Crippen LogP contribution in [0, 0.1) is 0 Å². The lowest BCUT2D eigenvalue weighted by molar-refractivity contribution is -0.320. The van der Waals surface area contributed by atoms with E-state index < -0.39 is 55.3 Å². The molecule has 0 radical (unpaired) electrons. The fourth-order valence-electron chi connectivity index (χ4n) is 5.45. The minimum atomic E-state index is -1.58. The number of methoxy groups -OCH3 is 1. The van der Waals surface area contributed by atoms with Crippen LogP contribution in [0.3, 0.4) is 0 Å². The zero-order valence-electron chi connectivity index (χ0n) is 23.9. The second-order valence-electron chi connectivity index (χ2n) is 11.0. The first-order valence-electron chi connectivity index (χ1n) is 14.3. The van der Waals surface area contributed by atoms with Gasteiger partial charge in [0.25, 0.3) is 0 Å². The van der Waals surface area contributed by atoms with Crippen LogP contribution in [-0.4, -0.2) is 120 Å². The number of hydrogen-bond donors (Lipinski definition) is 6. The number of ether oxygens (including phenoxy) is 7. The van der Waals surface area contributed by atoms with Gasteiger partial charge in [-0.15, -0.1) is 0 Å². The summed E-state index contributed by atoms with van der Waals surface area (Å²) < 4.78 is 44.6. The van der Waals surface area contributed by atoms with E-state index in [2.05, 4.69) is 0 Å². The molecule has 0 saturated carbocycles. The first kappa shape index (κ1) is 31.0. The molecular formula is C30H36O14. The summed E-state index contributed by atoms with van der Waals surface area (Å²) in [4.78, 5) is 0. The van der Waals surface area contributed by atoms with E-state index in [9.17, 15) is 30.6 Å². The molecule has 14 nitrogen and oxygen atoms in total. The van der Waals surface area contributed by atoms with Crippen LogP contribution < -0.4 is 14.2 Å². The Bertz CT molecular complexity index is 1430. The van der Waals surface area contributed by atoms with Gasteiger partial charge in [-0.1, -0.05) is 0 Å². The lowest BCUT2D eigenvalue weighted by Gasteiger charge is -2.41. The third kappa shape index (κ3) is 6.23. The summed E-state index contributed by atoms with van der Waals surface area (Å²) in [6.45, 7) is -0.276. The quantitative estimate of drug-likeness (QED) is 0.166. The highest BCUT2D eigenvalue weighted by molar-refractivity contribution is 5.88. The number of aryl methyl sites for hydroxylation is 1. The van der Waals surface area contributed by atoms with Crippen molar-refractivity contribution in [2.45, 2.75) is 68.1 Å². The van der Waals surface area contributed by atoms with E-state index in [1.807, 2.05) is 36.4 Å². The monoisotopic (exact) mass is 620 g/mol. The molecule has 2 aromatic carbocycles. The van der Waals surface area contributed by atoms with Gasteiger partial charge >= 0.3 is 0 Å². The second kappa shape index (κ2) is 13.1. The second-order valence-corrected chi connectivity index (χ2v) is 11.0. The Kier molecular flexibility index (Phi) is 9.26. The van der Waals surface area contributed by atoms with Crippen molar-refractivity contribution in [2.24, 2.45) is 0 Å². The zero-order chi connectivity index (χ0) is 31.0. The molecule has 1 aromatic heterocycles. The van der Waals surface area contributed by atoms with Gasteiger partial charge in [0.2, 0.25) is 6.79 Å². The summed E-state index contributed by atoms with van der Waals surface area (Å²) >= 11 is 0. The predicted molar refractivity (Wildman–Crippen MR) is 149 cm³/mol. The van der Waals surface area contributed by atoms with E-state index in [1.54, 1.807) is 7.11 Å². The number of furan rings is 1. The summed E-state index contributed by atoms with van der Waals surface area (Å²) in [6.07, 6.45) is -11.5. The molecule has 3 aliphatic heterocycles. The highest BCUT2D eigenvalue weighted by Gasteiger charge is 2.45. The maximum Gasteiger partial charge on any atom is 0.231 e. The van der Waals surface area contributed by atoms with E-state index in [0.717, 1.165) is 16.5 Å². The van der Waals surface area contributed by atoms with Gasteiger partial charge in [-0.3, -0.25) is 0 Å². The van der Waals surface area contributed by atoms with Crippen LogP contribution in [0.25, 0.3) is 22.3 Å². The van der Waals surface area contributed by atoms with Crippen molar-refractivity contribution in [3.8, 4) is 28.6 Å².